The highest BCUT2D eigenvalue weighted by Gasteiger charge is 2.35. The highest BCUT2D eigenvalue weighted by atomic mass is 16.5. The molecule has 18 heavy (non-hydrogen) atoms. The minimum atomic E-state index is -0.752. The second-order valence-electron chi connectivity index (χ2n) is 4.71. The van der Waals surface area contributed by atoms with Gasteiger partial charge >= 0.3 is 5.97 Å². The van der Waals surface area contributed by atoms with Gasteiger partial charge in [-0.15, -0.1) is 0 Å². The fourth-order valence-corrected chi connectivity index (χ4v) is 2.03. The molecule has 1 fully saturated rings. The third-order valence-corrected chi connectivity index (χ3v) is 3.16. The highest BCUT2D eigenvalue weighted by molar-refractivity contribution is 5.98. The first-order valence-corrected chi connectivity index (χ1v) is 6.07. The van der Waals surface area contributed by atoms with Crippen molar-refractivity contribution in [3.05, 3.63) is 0 Å². The molecule has 1 rings (SSSR count). The van der Waals surface area contributed by atoms with E-state index >= 15 is 0 Å². The van der Waals surface area contributed by atoms with Crippen molar-refractivity contribution in [2.24, 2.45) is 11.8 Å². The van der Waals surface area contributed by atoms with E-state index in [1.165, 1.54) is 7.11 Å². The van der Waals surface area contributed by atoms with E-state index in [-0.39, 0.29) is 11.8 Å². The lowest BCUT2D eigenvalue weighted by molar-refractivity contribution is -0.157. The molecule has 0 aromatic heterocycles. The molecule has 1 aliphatic heterocycles. The van der Waals surface area contributed by atoms with Gasteiger partial charge in [0, 0.05) is 26.2 Å². The normalized spacial score (nSPS) is 17.6. The summed E-state index contributed by atoms with van der Waals surface area (Å²) in [5.41, 5.74) is 0. The van der Waals surface area contributed by atoms with Gasteiger partial charge in [-0.05, 0) is 5.92 Å². The summed E-state index contributed by atoms with van der Waals surface area (Å²) >= 11 is 0. The number of ether oxygens (including phenoxy) is 1. The van der Waals surface area contributed by atoms with Crippen molar-refractivity contribution in [1.29, 1.82) is 0 Å². The van der Waals surface area contributed by atoms with E-state index in [2.05, 4.69) is 4.74 Å². The molecular weight excluding hydrogens is 236 g/mol. The molecular formula is C12H20N2O4. The Balaban J connectivity index is 2.67. The third kappa shape index (κ3) is 3.21. The molecule has 6 nitrogen and oxygen atoms in total. The molecule has 6 heteroatoms. The Bertz CT molecular complexity index is 322. The van der Waals surface area contributed by atoms with Crippen LogP contribution in [0.4, 0.5) is 0 Å². The summed E-state index contributed by atoms with van der Waals surface area (Å²) in [7, 11) is 1.29. The van der Waals surface area contributed by atoms with E-state index < -0.39 is 11.9 Å². The Morgan fingerprint density at radius 3 is 2.11 bits per heavy atom. The molecule has 102 valence electrons. The van der Waals surface area contributed by atoms with Crippen molar-refractivity contribution >= 4 is 18.3 Å². The number of nitrogens with zero attached hydrogens (tertiary/aromatic N) is 2. The molecule has 0 N–H and O–H groups in total. The van der Waals surface area contributed by atoms with Gasteiger partial charge in [-0.2, -0.15) is 0 Å². The SMILES string of the molecule is COC(=O)C(C(=O)N1CCN(C=O)CC1)C(C)C. The van der Waals surface area contributed by atoms with E-state index in [4.69, 9.17) is 0 Å². The fourth-order valence-electron chi connectivity index (χ4n) is 2.03. The number of piperazine rings is 1. The molecule has 1 atom stereocenters. The van der Waals surface area contributed by atoms with Gasteiger partial charge in [-0.3, -0.25) is 14.4 Å². The Morgan fingerprint density at radius 1 is 1.17 bits per heavy atom. The summed E-state index contributed by atoms with van der Waals surface area (Å²) in [6.45, 7) is 5.61. The van der Waals surface area contributed by atoms with Gasteiger partial charge in [-0.25, -0.2) is 0 Å². The van der Waals surface area contributed by atoms with Crippen LogP contribution in [0.2, 0.25) is 0 Å². The van der Waals surface area contributed by atoms with Crippen LogP contribution in [0.1, 0.15) is 13.8 Å². The monoisotopic (exact) mass is 256 g/mol. The van der Waals surface area contributed by atoms with Crippen molar-refractivity contribution in [1.82, 2.24) is 9.80 Å². The summed E-state index contributed by atoms with van der Waals surface area (Å²) in [6, 6.07) is 0. The number of carbonyl (C=O) groups excluding carboxylic acids is 3. The van der Waals surface area contributed by atoms with Gasteiger partial charge < -0.3 is 14.5 Å². The first kappa shape index (κ1) is 14.5. The number of hydrogen-bond acceptors (Lipinski definition) is 4. The summed E-state index contributed by atoms with van der Waals surface area (Å²) in [5, 5.41) is 0. The van der Waals surface area contributed by atoms with E-state index in [0.717, 1.165) is 6.41 Å². The van der Waals surface area contributed by atoms with Crippen LogP contribution in [-0.4, -0.2) is 61.4 Å². The van der Waals surface area contributed by atoms with Gasteiger partial charge in [0.1, 0.15) is 5.92 Å². The van der Waals surface area contributed by atoms with Crippen LogP contribution in [0.3, 0.4) is 0 Å². The van der Waals surface area contributed by atoms with Crippen LogP contribution in [0, 0.1) is 11.8 Å². The number of methoxy groups -OCH3 is 1. The molecule has 0 aromatic rings. The minimum absolute atomic E-state index is 0.103. The van der Waals surface area contributed by atoms with E-state index in [9.17, 15) is 14.4 Å². The molecule has 1 aliphatic rings. The van der Waals surface area contributed by atoms with Gasteiger partial charge in [-0.1, -0.05) is 13.8 Å². The van der Waals surface area contributed by atoms with Crippen LogP contribution >= 0.6 is 0 Å². The van der Waals surface area contributed by atoms with Crippen molar-refractivity contribution in [2.75, 3.05) is 33.3 Å². The van der Waals surface area contributed by atoms with Crippen molar-refractivity contribution in [2.45, 2.75) is 13.8 Å². The molecule has 1 heterocycles. The zero-order chi connectivity index (χ0) is 13.7. The van der Waals surface area contributed by atoms with Crippen LogP contribution in [0.5, 0.6) is 0 Å². The van der Waals surface area contributed by atoms with Crippen molar-refractivity contribution in [3.63, 3.8) is 0 Å². The van der Waals surface area contributed by atoms with Crippen LogP contribution in [-0.2, 0) is 19.1 Å². The molecule has 1 saturated heterocycles. The fraction of sp³-hybridized carbons (Fsp3) is 0.750. The molecule has 2 amide bonds. The Morgan fingerprint density at radius 2 is 1.72 bits per heavy atom. The quantitative estimate of drug-likeness (QED) is 0.394. The standard InChI is InChI=1S/C12H20N2O4/c1-9(2)10(12(17)18-3)11(16)14-6-4-13(8-15)5-7-14/h8-10H,4-7H2,1-3H3. The Hall–Kier alpha value is -1.59. The summed E-state index contributed by atoms with van der Waals surface area (Å²) in [6.07, 6.45) is 0.780. The van der Waals surface area contributed by atoms with Crippen molar-refractivity contribution in [3.8, 4) is 0 Å². The highest BCUT2D eigenvalue weighted by Crippen LogP contribution is 2.17. The second kappa shape index (κ2) is 6.37. The average Bonchev–Trinajstić information content (AvgIpc) is 2.38. The molecule has 0 spiro atoms. The maximum absolute atomic E-state index is 12.3. The maximum atomic E-state index is 12.3. The molecule has 0 aliphatic carbocycles. The third-order valence-electron chi connectivity index (χ3n) is 3.16. The molecule has 0 bridgehead atoms. The first-order valence-electron chi connectivity index (χ1n) is 6.07. The van der Waals surface area contributed by atoms with Crippen LogP contribution in [0.15, 0.2) is 0 Å². The molecule has 0 saturated carbocycles. The summed E-state index contributed by atoms with van der Waals surface area (Å²) < 4.78 is 4.67. The summed E-state index contributed by atoms with van der Waals surface area (Å²) in [5.74, 6) is -1.55. The predicted molar refractivity (Wildman–Crippen MR) is 64.6 cm³/mol. The Labute approximate surface area is 107 Å². The number of amides is 2. The average molecular weight is 256 g/mol. The van der Waals surface area contributed by atoms with E-state index in [1.54, 1.807) is 9.80 Å². The molecule has 0 radical (unpaired) electrons. The van der Waals surface area contributed by atoms with E-state index in [0.29, 0.717) is 26.2 Å². The maximum Gasteiger partial charge on any atom is 0.318 e. The predicted octanol–water partition coefficient (Wildman–Crippen LogP) is -0.268. The number of hydrogen-bond donors (Lipinski definition) is 0. The lowest BCUT2D eigenvalue weighted by Gasteiger charge is -2.34. The zero-order valence-corrected chi connectivity index (χ0v) is 11.1. The zero-order valence-electron chi connectivity index (χ0n) is 11.1. The minimum Gasteiger partial charge on any atom is -0.468 e. The topological polar surface area (TPSA) is 66.9 Å². The van der Waals surface area contributed by atoms with Crippen molar-refractivity contribution < 1.29 is 19.1 Å². The van der Waals surface area contributed by atoms with Gasteiger partial charge in [0.2, 0.25) is 12.3 Å². The number of carbonyl (C=O) groups is 3. The Kier molecular flexibility index (Phi) is 5.12. The van der Waals surface area contributed by atoms with Gasteiger partial charge in [0.15, 0.2) is 0 Å². The molecule has 0 aromatic carbocycles. The number of rotatable bonds is 4. The van der Waals surface area contributed by atoms with Crippen LogP contribution in [0.25, 0.3) is 0 Å². The lowest BCUT2D eigenvalue weighted by atomic mass is 9.94. The van der Waals surface area contributed by atoms with Gasteiger partial charge in [0.25, 0.3) is 0 Å². The van der Waals surface area contributed by atoms with E-state index in [1.807, 2.05) is 13.8 Å². The number of esters is 1. The summed E-state index contributed by atoms with van der Waals surface area (Å²) in [4.78, 5) is 37.7. The van der Waals surface area contributed by atoms with Crippen LogP contribution < -0.4 is 0 Å². The van der Waals surface area contributed by atoms with Gasteiger partial charge in [0.05, 0.1) is 7.11 Å². The smallest absolute Gasteiger partial charge is 0.318 e. The second-order valence-corrected chi connectivity index (χ2v) is 4.71. The lowest BCUT2D eigenvalue weighted by Crippen LogP contribution is -2.51. The first-order chi connectivity index (χ1) is 8.51. The largest absolute Gasteiger partial charge is 0.468 e. The molecule has 1 unspecified atom stereocenters.